The third-order valence-corrected chi connectivity index (χ3v) is 4.72. The van der Waals surface area contributed by atoms with Gasteiger partial charge in [0.2, 0.25) is 0 Å². The van der Waals surface area contributed by atoms with Crippen LogP contribution in [0.5, 0.6) is 0 Å². The monoisotopic (exact) mass is 320 g/mol. The molecule has 0 spiro atoms. The highest BCUT2D eigenvalue weighted by Gasteiger charge is 2.67. The molecule has 3 rings (SSSR count). The zero-order valence-corrected chi connectivity index (χ0v) is 13.0. The smallest absolute Gasteiger partial charge is 0.163 e. The maximum absolute atomic E-state index is 12.4. The van der Waals surface area contributed by atoms with Crippen LogP contribution >= 0.6 is 11.6 Å². The number of nitriles is 2. The molecule has 2 atom stereocenters. The van der Waals surface area contributed by atoms with Crippen molar-refractivity contribution >= 4 is 17.4 Å². The van der Waals surface area contributed by atoms with Crippen molar-refractivity contribution in [3.05, 3.63) is 70.7 Å². The van der Waals surface area contributed by atoms with Crippen molar-refractivity contribution < 1.29 is 4.79 Å². The Kier molecular flexibility index (Phi) is 3.90. The lowest BCUT2D eigenvalue weighted by atomic mass is 10.0. The summed E-state index contributed by atoms with van der Waals surface area (Å²) in [7, 11) is 0. The zero-order chi connectivity index (χ0) is 16.4. The molecule has 0 saturated heterocycles. The third kappa shape index (κ3) is 2.61. The third-order valence-electron chi connectivity index (χ3n) is 4.47. The summed E-state index contributed by atoms with van der Waals surface area (Å²) in [6.45, 7) is 0. The number of Topliss-reactive ketones (excluding diaryl/α,β-unsaturated/α-hetero) is 1. The molecule has 2 aromatic rings. The second-order valence-corrected chi connectivity index (χ2v) is 6.16. The number of hydrogen-bond acceptors (Lipinski definition) is 3. The van der Waals surface area contributed by atoms with Crippen molar-refractivity contribution in [2.45, 2.75) is 12.3 Å². The van der Waals surface area contributed by atoms with Crippen LogP contribution in [0.25, 0.3) is 0 Å². The van der Waals surface area contributed by atoms with E-state index < -0.39 is 5.41 Å². The van der Waals surface area contributed by atoms with Gasteiger partial charge in [-0.15, -0.1) is 0 Å². The van der Waals surface area contributed by atoms with Crippen LogP contribution < -0.4 is 0 Å². The average Bonchev–Trinajstić information content (AvgIpc) is 3.23. The fourth-order valence-electron chi connectivity index (χ4n) is 3.18. The first-order valence-electron chi connectivity index (χ1n) is 7.28. The molecule has 0 heterocycles. The number of nitrogens with zero attached hydrogens (tertiary/aromatic N) is 2. The zero-order valence-electron chi connectivity index (χ0n) is 12.2. The van der Waals surface area contributed by atoms with Crippen molar-refractivity contribution in [2.24, 2.45) is 11.3 Å². The molecule has 2 unspecified atom stereocenters. The highest BCUT2D eigenvalue weighted by molar-refractivity contribution is 6.30. The fourth-order valence-corrected chi connectivity index (χ4v) is 3.30. The highest BCUT2D eigenvalue weighted by atomic mass is 35.5. The van der Waals surface area contributed by atoms with Gasteiger partial charge in [-0.3, -0.25) is 4.79 Å². The Morgan fingerprint density at radius 2 is 1.65 bits per heavy atom. The molecule has 1 fully saturated rings. The number of ketones is 1. The van der Waals surface area contributed by atoms with Crippen LogP contribution in [-0.2, 0) is 0 Å². The van der Waals surface area contributed by atoms with E-state index in [2.05, 4.69) is 12.1 Å². The minimum atomic E-state index is -1.13. The van der Waals surface area contributed by atoms with E-state index in [0.717, 1.165) is 5.56 Å². The molecule has 0 aliphatic heterocycles. The normalized spacial score (nSPS) is 21.0. The number of rotatable bonds is 4. The predicted octanol–water partition coefficient (Wildman–Crippen LogP) is 4.36. The summed E-state index contributed by atoms with van der Waals surface area (Å²) in [6, 6.07) is 20.3. The van der Waals surface area contributed by atoms with E-state index in [1.54, 1.807) is 36.4 Å². The van der Waals surface area contributed by atoms with Crippen LogP contribution in [0.3, 0.4) is 0 Å². The van der Waals surface area contributed by atoms with Crippen LogP contribution in [0.4, 0.5) is 0 Å². The molecule has 1 aliphatic carbocycles. The highest BCUT2D eigenvalue weighted by Crippen LogP contribution is 2.66. The van der Waals surface area contributed by atoms with Crippen molar-refractivity contribution in [2.75, 3.05) is 0 Å². The average molecular weight is 321 g/mol. The van der Waals surface area contributed by atoms with Crippen LogP contribution in [0.1, 0.15) is 28.3 Å². The van der Waals surface area contributed by atoms with Crippen LogP contribution in [0.15, 0.2) is 54.6 Å². The molecule has 0 radical (unpaired) electrons. The largest absolute Gasteiger partial charge is 0.294 e. The first kappa shape index (κ1) is 15.3. The van der Waals surface area contributed by atoms with Crippen LogP contribution in [0.2, 0.25) is 5.02 Å². The number of benzene rings is 2. The van der Waals surface area contributed by atoms with Crippen LogP contribution in [0, 0.1) is 34.0 Å². The van der Waals surface area contributed by atoms with Crippen molar-refractivity contribution in [3.63, 3.8) is 0 Å². The molecular weight excluding hydrogens is 308 g/mol. The Labute approximate surface area is 139 Å². The van der Waals surface area contributed by atoms with Gasteiger partial charge in [-0.1, -0.05) is 54.1 Å². The molecule has 0 amide bonds. The Morgan fingerprint density at radius 1 is 1.04 bits per heavy atom. The summed E-state index contributed by atoms with van der Waals surface area (Å²) in [5.74, 6) is -0.573. The molecule has 0 N–H and O–H groups in total. The van der Waals surface area contributed by atoms with Gasteiger partial charge < -0.3 is 0 Å². The second-order valence-electron chi connectivity index (χ2n) is 5.72. The molecule has 1 saturated carbocycles. The maximum atomic E-state index is 12.4. The number of carbonyl (C=O) groups is 1. The standard InChI is InChI=1S/C19H13ClN2O/c20-15-8-6-14(7-9-15)18-16(19(18,11-21)12-22)10-17(23)13-4-2-1-3-5-13/h1-9,16,18H,10H2. The minimum Gasteiger partial charge on any atom is -0.294 e. The van der Waals surface area contributed by atoms with E-state index in [4.69, 9.17) is 11.6 Å². The summed E-state index contributed by atoms with van der Waals surface area (Å²) in [5.41, 5.74) is 0.362. The van der Waals surface area contributed by atoms with Gasteiger partial charge in [0.1, 0.15) is 0 Å². The Hall–Kier alpha value is -2.62. The Balaban J connectivity index is 1.86. The molecule has 0 aromatic heterocycles. The number of halogens is 1. The number of hydrogen-bond donors (Lipinski definition) is 0. The SMILES string of the molecule is N#CC1(C#N)C(CC(=O)c2ccccc2)C1c1ccc(Cl)cc1. The topological polar surface area (TPSA) is 64.7 Å². The van der Waals surface area contributed by atoms with Crippen molar-refractivity contribution in [1.29, 1.82) is 10.5 Å². The van der Waals surface area contributed by atoms with Gasteiger partial charge in [0.05, 0.1) is 12.1 Å². The summed E-state index contributed by atoms with van der Waals surface area (Å²) >= 11 is 5.89. The van der Waals surface area contributed by atoms with Gasteiger partial charge >= 0.3 is 0 Å². The fraction of sp³-hybridized carbons (Fsp3) is 0.211. The lowest BCUT2D eigenvalue weighted by Gasteiger charge is -2.01. The van der Waals surface area contributed by atoms with Crippen molar-refractivity contribution in [1.82, 2.24) is 0 Å². The second kappa shape index (κ2) is 5.88. The van der Waals surface area contributed by atoms with Gasteiger partial charge in [-0.2, -0.15) is 10.5 Å². The molecule has 0 bridgehead atoms. The van der Waals surface area contributed by atoms with Gasteiger partial charge in [-0.05, 0) is 17.7 Å². The first-order chi connectivity index (χ1) is 11.1. The Morgan fingerprint density at radius 3 is 2.22 bits per heavy atom. The first-order valence-corrected chi connectivity index (χ1v) is 7.66. The molecule has 4 heteroatoms. The molecule has 3 nitrogen and oxygen atoms in total. The summed E-state index contributed by atoms with van der Waals surface area (Å²) in [6.07, 6.45) is 0.193. The van der Waals surface area contributed by atoms with E-state index in [9.17, 15) is 15.3 Å². The summed E-state index contributed by atoms with van der Waals surface area (Å²) in [4.78, 5) is 12.4. The van der Waals surface area contributed by atoms with E-state index in [1.165, 1.54) is 0 Å². The summed E-state index contributed by atoms with van der Waals surface area (Å²) in [5, 5.41) is 19.6. The van der Waals surface area contributed by atoms with Gasteiger partial charge in [-0.25, -0.2) is 0 Å². The molecular formula is C19H13ClN2O. The molecule has 1 aliphatic rings. The van der Waals surface area contributed by atoms with E-state index >= 15 is 0 Å². The van der Waals surface area contributed by atoms with Gasteiger partial charge in [0.15, 0.2) is 11.2 Å². The Bertz CT molecular complexity index is 801. The summed E-state index contributed by atoms with van der Waals surface area (Å²) < 4.78 is 0. The predicted molar refractivity (Wildman–Crippen MR) is 86.7 cm³/mol. The molecule has 23 heavy (non-hydrogen) atoms. The van der Waals surface area contributed by atoms with Crippen LogP contribution in [-0.4, -0.2) is 5.78 Å². The number of carbonyl (C=O) groups excluding carboxylic acids is 1. The molecule has 2 aromatic carbocycles. The van der Waals surface area contributed by atoms with E-state index in [1.807, 2.05) is 18.2 Å². The van der Waals surface area contributed by atoms with E-state index in [0.29, 0.717) is 10.6 Å². The van der Waals surface area contributed by atoms with Crippen molar-refractivity contribution in [3.8, 4) is 12.1 Å². The minimum absolute atomic E-state index is 0.0399. The maximum Gasteiger partial charge on any atom is 0.163 e. The molecule has 112 valence electrons. The van der Waals surface area contributed by atoms with Gasteiger partial charge in [0, 0.05) is 28.8 Å². The quantitative estimate of drug-likeness (QED) is 0.786. The van der Waals surface area contributed by atoms with E-state index in [-0.39, 0.29) is 24.0 Å². The van der Waals surface area contributed by atoms with Gasteiger partial charge in [0.25, 0.3) is 0 Å². The lowest BCUT2D eigenvalue weighted by molar-refractivity contribution is 0.0973. The lowest BCUT2D eigenvalue weighted by Crippen LogP contribution is -2.04.